The average molecular weight is 1170 g/mol. The number of benzene rings is 7. The smallest absolute Gasteiger partial charge is 0.200 e. The SMILES string of the molecule is CC[Si](C)(CC)CCCCCCCCN(c1c(F)c(F)c(F)c(F)c1F)c1c(F)c(F)c(F)c2c(F)c([B-](c3c(F)ccc(F)c3F)(c3c(F)c(F)c(F)c(F)c3F)C3c4ccccc4-c4c(F)c(F)c(F)c(F)c43)c(F)c(F)c12. The van der Waals surface area contributed by atoms with Gasteiger partial charge in [-0.25, -0.2) is 101 Å². The lowest BCUT2D eigenvalue weighted by Crippen LogP contribution is -2.76. The van der Waals surface area contributed by atoms with Gasteiger partial charge in [-0.1, -0.05) is 106 Å². The van der Waals surface area contributed by atoms with Crippen LogP contribution in [0.1, 0.15) is 69.3 Å². The Hall–Kier alpha value is -6.73. The van der Waals surface area contributed by atoms with Crippen molar-refractivity contribution < 1.29 is 101 Å². The number of fused-ring (bicyclic) bond motifs is 4. The van der Waals surface area contributed by atoms with Gasteiger partial charge in [0.05, 0.1) is 22.3 Å². The molecule has 0 saturated carbocycles. The summed E-state index contributed by atoms with van der Waals surface area (Å²) in [5, 5.41) is -5.28. The van der Waals surface area contributed by atoms with Gasteiger partial charge in [0.25, 0.3) is 0 Å². The van der Waals surface area contributed by atoms with Crippen molar-refractivity contribution in [3.63, 3.8) is 0 Å². The van der Waals surface area contributed by atoms with E-state index in [1.54, 1.807) is 0 Å². The van der Waals surface area contributed by atoms with Crippen LogP contribution in [-0.2, 0) is 0 Å². The van der Waals surface area contributed by atoms with E-state index in [-0.39, 0.29) is 25.0 Å². The summed E-state index contributed by atoms with van der Waals surface area (Å²) >= 11 is 0. The molecular formula is C54H36BF23NSi-. The molecule has 80 heavy (non-hydrogen) atoms. The van der Waals surface area contributed by atoms with Crippen molar-refractivity contribution in [1.82, 2.24) is 0 Å². The Bertz CT molecular complexity index is 3640. The van der Waals surface area contributed by atoms with E-state index in [1.165, 1.54) is 0 Å². The van der Waals surface area contributed by atoms with Crippen LogP contribution in [0.4, 0.5) is 112 Å². The van der Waals surface area contributed by atoms with Gasteiger partial charge < -0.3 is 4.90 Å². The Kier molecular flexibility index (Phi) is 16.3. The Balaban J connectivity index is 1.55. The molecule has 7 aromatic carbocycles. The van der Waals surface area contributed by atoms with E-state index in [1.807, 2.05) is 13.8 Å². The maximum Gasteiger partial charge on any atom is 0.200 e. The summed E-state index contributed by atoms with van der Waals surface area (Å²) in [5.74, 6) is -73.6. The summed E-state index contributed by atoms with van der Waals surface area (Å²) in [6.45, 7) is 4.88. The third kappa shape index (κ3) is 8.86. The Labute approximate surface area is 439 Å². The molecule has 1 aliphatic carbocycles. The van der Waals surface area contributed by atoms with E-state index in [2.05, 4.69) is 6.55 Å². The largest absolute Gasteiger partial charge is 0.333 e. The molecule has 426 valence electrons. The van der Waals surface area contributed by atoms with Crippen LogP contribution in [-0.4, -0.2) is 20.8 Å². The normalized spacial score (nSPS) is 14.1. The third-order valence-electron chi connectivity index (χ3n) is 15.6. The van der Waals surface area contributed by atoms with Gasteiger partial charge in [0.15, 0.2) is 93.1 Å². The van der Waals surface area contributed by atoms with Crippen molar-refractivity contribution in [3.8, 4) is 11.1 Å². The van der Waals surface area contributed by atoms with Crippen molar-refractivity contribution in [2.45, 2.75) is 82.9 Å². The number of nitrogens with zero attached hydrogens (tertiary/aromatic N) is 1. The maximum absolute atomic E-state index is 18.5. The predicted octanol–water partition coefficient (Wildman–Crippen LogP) is 16.5. The predicted molar refractivity (Wildman–Crippen MR) is 253 cm³/mol. The zero-order valence-electron chi connectivity index (χ0n) is 41.3. The molecule has 0 radical (unpaired) electrons. The number of unbranched alkanes of at least 4 members (excludes halogenated alkanes) is 5. The molecule has 1 aliphatic rings. The number of rotatable bonds is 17. The first-order chi connectivity index (χ1) is 37.6. The molecule has 2 unspecified atom stereocenters. The quantitative estimate of drug-likeness (QED) is 0.0289. The number of hydrogen-bond acceptors (Lipinski definition) is 1. The molecule has 0 fully saturated rings. The highest BCUT2D eigenvalue weighted by Gasteiger charge is 2.55. The van der Waals surface area contributed by atoms with Crippen LogP contribution < -0.4 is 21.3 Å². The Morgan fingerprint density at radius 2 is 0.812 bits per heavy atom. The highest BCUT2D eigenvalue weighted by Crippen LogP contribution is 2.54. The molecule has 0 N–H and O–H groups in total. The average Bonchev–Trinajstić information content (AvgIpc) is 3.82. The van der Waals surface area contributed by atoms with E-state index in [9.17, 15) is 4.39 Å². The molecule has 0 bridgehead atoms. The summed E-state index contributed by atoms with van der Waals surface area (Å²) in [5.41, 5.74) is -19.9. The first kappa shape index (κ1) is 59.4. The monoisotopic (exact) mass is 1170 g/mol. The zero-order chi connectivity index (χ0) is 59.1. The van der Waals surface area contributed by atoms with E-state index >= 15 is 96.6 Å². The fourth-order valence-electron chi connectivity index (χ4n) is 11.3. The number of anilines is 2. The second-order valence-electron chi connectivity index (χ2n) is 19.6. The van der Waals surface area contributed by atoms with Crippen molar-refractivity contribution in [3.05, 3.63) is 181 Å². The molecule has 0 heterocycles. The summed E-state index contributed by atoms with van der Waals surface area (Å²) in [7, 11) is -1.57. The van der Waals surface area contributed by atoms with E-state index in [0.717, 1.165) is 30.6 Å². The zero-order valence-corrected chi connectivity index (χ0v) is 42.3. The minimum absolute atomic E-state index is 0.148. The van der Waals surface area contributed by atoms with Crippen molar-refractivity contribution >= 4 is 52.8 Å². The van der Waals surface area contributed by atoms with Gasteiger partial charge in [-0.15, -0.1) is 16.4 Å². The van der Waals surface area contributed by atoms with Gasteiger partial charge >= 0.3 is 0 Å². The highest BCUT2D eigenvalue weighted by atomic mass is 28.3. The molecule has 1 nitrogen and oxygen atoms in total. The maximum atomic E-state index is 18.5. The molecule has 0 aliphatic heterocycles. The Morgan fingerprint density at radius 1 is 0.388 bits per heavy atom. The van der Waals surface area contributed by atoms with Crippen LogP contribution in [0.5, 0.6) is 0 Å². The van der Waals surface area contributed by atoms with Crippen LogP contribution in [0.3, 0.4) is 0 Å². The second-order valence-corrected chi connectivity index (χ2v) is 25.2. The van der Waals surface area contributed by atoms with Crippen molar-refractivity contribution in [2.75, 3.05) is 11.4 Å². The van der Waals surface area contributed by atoms with Crippen LogP contribution in [0.25, 0.3) is 21.9 Å². The molecule has 0 aromatic heterocycles. The fourth-order valence-corrected chi connectivity index (χ4v) is 13.6. The van der Waals surface area contributed by atoms with Crippen LogP contribution in [0, 0.1) is 134 Å². The number of halogens is 23. The molecule has 8 rings (SSSR count). The van der Waals surface area contributed by atoms with E-state index < -0.39 is 232 Å². The number of hydrogen-bond donors (Lipinski definition) is 0. The lowest BCUT2D eigenvalue weighted by Gasteiger charge is -2.49. The molecule has 7 aromatic rings. The topological polar surface area (TPSA) is 3.24 Å². The molecule has 0 amide bonds. The summed E-state index contributed by atoms with van der Waals surface area (Å²) < 4.78 is 375. The molecule has 0 saturated heterocycles. The van der Waals surface area contributed by atoms with Gasteiger partial charge in [-0.05, 0) is 29.7 Å². The van der Waals surface area contributed by atoms with E-state index in [0.29, 0.717) is 31.0 Å². The summed E-state index contributed by atoms with van der Waals surface area (Å²) in [6, 6.07) is 4.86. The van der Waals surface area contributed by atoms with Crippen LogP contribution >= 0.6 is 0 Å². The Morgan fingerprint density at radius 3 is 1.39 bits per heavy atom. The highest BCUT2D eigenvalue weighted by molar-refractivity contribution is 7.13. The van der Waals surface area contributed by atoms with Crippen molar-refractivity contribution in [1.29, 1.82) is 0 Å². The second kappa shape index (κ2) is 22.0. The van der Waals surface area contributed by atoms with Crippen LogP contribution in [0.15, 0.2) is 36.4 Å². The lowest BCUT2D eigenvalue weighted by molar-refractivity contribution is 0.379. The standard InChI is InChI=1S/C54H36BF23NSi/c1-4-80(3,5-2)19-13-9-7-6-8-12-18-79(54-51(77)48(74)47(73)49(75)52(54)78)53-27-26(36(62)43(69)50(53)76)33(59)30(38(64)37(27)63)55(29-22(56)16-17-23(57)32(29)58,31-39(65)44(70)46(72)45(71)40(31)66)28-21-15-11-10-14-20(21)24-25(28)35(61)42(68)41(67)34(24)60/h10-11,14-17,28H,4-9,12-13,18-19H2,1-3H3/q-1. The molecular weight excluding hydrogens is 1140 g/mol. The van der Waals surface area contributed by atoms with Gasteiger partial charge in [0.1, 0.15) is 40.9 Å². The van der Waals surface area contributed by atoms with Gasteiger partial charge in [0, 0.05) is 20.2 Å². The summed E-state index contributed by atoms with van der Waals surface area (Å²) in [6.07, 6.45) is -5.47. The minimum atomic E-state index is -6.60. The van der Waals surface area contributed by atoms with Gasteiger partial charge in [0.2, 0.25) is 5.82 Å². The van der Waals surface area contributed by atoms with E-state index in [4.69, 9.17) is 0 Å². The molecule has 26 heteroatoms. The van der Waals surface area contributed by atoms with Crippen LogP contribution in [0.2, 0.25) is 24.7 Å². The molecule has 0 spiro atoms. The lowest BCUT2D eigenvalue weighted by atomic mass is 9.09. The third-order valence-corrected chi connectivity index (χ3v) is 20.6. The first-order valence-corrected chi connectivity index (χ1v) is 27.5. The summed E-state index contributed by atoms with van der Waals surface area (Å²) in [4.78, 5) is -0.481. The fraction of sp³-hybridized carbons (Fsp3) is 0.259. The molecule has 2 atom stereocenters. The van der Waals surface area contributed by atoms with Gasteiger partial charge in [-0.3, -0.25) is 0 Å². The first-order valence-electron chi connectivity index (χ1n) is 24.3. The van der Waals surface area contributed by atoms with Crippen molar-refractivity contribution in [2.24, 2.45) is 0 Å². The van der Waals surface area contributed by atoms with Gasteiger partial charge in [-0.2, -0.15) is 0 Å². The minimum Gasteiger partial charge on any atom is -0.333 e.